The van der Waals surface area contributed by atoms with Gasteiger partial charge in [-0.1, -0.05) is 6.07 Å². The molecule has 0 saturated heterocycles. The van der Waals surface area contributed by atoms with Gasteiger partial charge in [-0.15, -0.1) is 0 Å². The number of anilines is 2. The molecular formula is C10H16N2O. The smallest absolute Gasteiger partial charge is 0.143 e. The Bertz CT molecular complexity index is 284. The minimum Gasteiger partial charge on any atom is -0.495 e. The third-order valence-electron chi connectivity index (χ3n) is 1.73. The van der Waals surface area contributed by atoms with E-state index in [-0.39, 0.29) is 0 Å². The van der Waals surface area contributed by atoms with E-state index in [0.717, 1.165) is 5.69 Å². The van der Waals surface area contributed by atoms with Crippen molar-refractivity contribution in [2.24, 2.45) is 0 Å². The number of benzene rings is 1. The van der Waals surface area contributed by atoms with Crippen molar-refractivity contribution in [3.8, 4) is 5.75 Å². The molecule has 0 aromatic heterocycles. The summed E-state index contributed by atoms with van der Waals surface area (Å²) in [7, 11) is 1.62. The second kappa shape index (κ2) is 4.03. The molecule has 0 aliphatic carbocycles. The molecular weight excluding hydrogens is 164 g/mol. The van der Waals surface area contributed by atoms with Gasteiger partial charge in [0, 0.05) is 6.04 Å². The van der Waals surface area contributed by atoms with E-state index in [0.29, 0.717) is 17.5 Å². The Labute approximate surface area is 78.9 Å². The van der Waals surface area contributed by atoms with Crippen molar-refractivity contribution in [2.45, 2.75) is 19.9 Å². The molecule has 1 aromatic carbocycles. The van der Waals surface area contributed by atoms with Crippen LogP contribution in [0, 0.1) is 0 Å². The van der Waals surface area contributed by atoms with Crippen molar-refractivity contribution in [1.82, 2.24) is 0 Å². The maximum Gasteiger partial charge on any atom is 0.143 e. The van der Waals surface area contributed by atoms with Gasteiger partial charge in [0.2, 0.25) is 0 Å². The molecule has 13 heavy (non-hydrogen) atoms. The molecule has 0 saturated carbocycles. The Kier molecular flexibility index (Phi) is 3.01. The number of rotatable bonds is 3. The Balaban J connectivity index is 2.94. The van der Waals surface area contributed by atoms with Crippen LogP contribution in [0.5, 0.6) is 5.75 Å². The topological polar surface area (TPSA) is 47.3 Å². The highest BCUT2D eigenvalue weighted by Crippen LogP contribution is 2.29. The quantitative estimate of drug-likeness (QED) is 0.700. The van der Waals surface area contributed by atoms with Gasteiger partial charge in [-0.05, 0) is 26.0 Å². The van der Waals surface area contributed by atoms with E-state index >= 15 is 0 Å². The maximum absolute atomic E-state index is 5.85. The highest BCUT2D eigenvalue weighted by atomic mass is 16.5. The first-order chi connectivity index (χ1) is 6.15. The molecule has 3 nitrogen and oxygen atoms in total. The van der Waals surface area contributed by atoms with Gasteiger partial charge in [-0.2, -0.15) is 0 Å². The molecule has 1 rings (SSSR count). The molecule has 0 aliphatic heterocycles. The van der Waals surface area contributed by atoms with Crippen LogP contribution in [-0.4, -0.2) is 13.2 Å². The molecule has 3 heteroatoms. The Hall–Kier alpha value is -1.38. The fourth-order valence-corrected chi connectivity index (χ4v) is 1.16. The van der Waals surface area contributed by atoms with E-state index in [9.17, 15) is 0 Å². The first-order valence-electron chi connectivity index (χ1n) is 4.34. The number of hydrogen-bond acceptors (Lipinski definition) is 3. The molecule has 0 heterocycles. The zero-order chi connectivity index (χ0) is 9.84. The highest BCUT2D eigenvalue weighted by molar-refractivity contribution is 5.73. The predicted molar refractivity (Wildman–Crippen MR) is 56.2 cm³/mol. The molecule has 0 aliphatic rings. The summed E-state index contributed by atoms with van der Waals surface area (Å²) in [4.78, 5) is 0. The summed E-state index contributed by atoms with van der Waals surface area (Å²) in [6, 6.07) is 6.08. The van der Waals surface area contributed by atoms with Gasteiger partial charge >= 0.3 is 0 Å². The van der Waals surface area contributed by atoms with Crippen molar-refractivity contribution < 1.29 is 4.74 Å². The van der Waals surface area contributed by atoms with Gasteiger partial charge in [-0.25, -0.2) is 0 Å². The van der Waals surface area contributed by atoms with Crippen LogP contribution in [0.3, 0.4) is 0 Å². The molecule has 0 fully saturated rings. The van der Waals surface area contributed by atoms with Crippen molar-refractivity contribution in [3.63, 3.8) is 0 Å². The monoisotopic (exact) mass is 180 g/mol. The molecule has 0 amide bonds. The van der Waals surface area contributed by atoms with Crippen LogP contribution in [0.15, 0.2) is 18.2 Å². The van der Waals surface area contributed by atoms with Crippen LogP contribution >= 0.6 is 0 Å². The van der Waals surface area contributed by atoms with E-state index in [1.165, 1.54) is 0 Å². The summed E-state index contributed by atoms with van der Waals surface area (Å²) in [5.41, 5.74) is 7.45. The number of para-hydroxylation sites is 1. The second-order valence-electron chi connectivity index (χ2n) is 3.22. The molecule has 0 spiro atoms. The lowest BCUT2D eigenvalue weighted by Gasteiger charge is -2.14. The minimum absolute atomic E-state index is 0.370. The molecule has 1 aromatic rings. The summed E-state index contributed by atoms with van der Waals surface area (Å²) in [6.45, 7) is 4.14. The fourth-order valence-electron chi connectivity index (χ4n) is 1.16. The first-order valence-corrected chi connectivity index (χ1v) is 4.34. The zero-order valence-corrected chi connectivity index (χ0v) is 8.29. The van der Waals surface area contributed by atoms with Crippen LogP contribution in [0.25, 0.3) is 0 Å². The summed E-state index contributed by atoms with van der Waals surface area (Å²) in [6.07, 6.45) is 0. The van der Waals surface area contributed by atoms with Crippen molar-refractivity contribution >= 4 is 11.4 Å². The van der Waals surface area contributed by atoms with Crippen LogP contribution < -0.4 is 15.8 Å². The lowest BCUT2D eigenvalue weighted by atomic mass is 10.2. The van der Waals surface area contributed by atoms with Gasteiger partial charge < -0.3 is 15.8 Å². The molecule has 72 valence electrons. The molecule has 0 radical (unpaired) electrons. The summed E-state index contributed by atoms with van der Waals surface area (Å²) in [5, 5.41) is 3.24. The van der Waals surface area contributed by atoms with Crippen molar-refractivity contribution in [3.05, 3.63) is 18.2 Å². The Morgan fingerprint density at radius 2 is 2.08 bits per heavy atom. The number of nitrogens with one attached hydrogen (secondary N) is 1. The molecule has 0 atom stereocenters. The van der Waals surface area contributed by atoms with Crippen LogP contribution in [0.1, 0.15) is 13.8 Å². The van der Waals surface area contributed by atoms with Crippen molar-refractivity contribution in [1.29, 1.82) is 0 Å². The van der Waals surface area contributed by atoms with Gasteiger partial charge in [0.15, 0.2) is 0 Å². The standard InChI is InChI=1S/C10H16N2O/c1-7(2)12-8-5-4-6-9(13-3)10(8)11/h4-7,12H,11H2,1-3H3. The highest BCUT2D eigenvalue weighted by Gasteiger charge is 2.04. The molecule has 3 N–H and O–H groups in total. The largest absolute Gasteiger partial charge is 0.495 e. The van der Waals surface area contributed by atoms with Gasteiger partial charge in [0.25, 0.3) is 0 Å². The van der Waals surface area contributed by atoms with Gasteiger partial charge in [0.05, 0.1) is 18.5 Å². The Morgan fingerprint density at radius 3 is 2.62 bits per heavy atom. The van der Waals surface area contributed by atoms with Gasteiger partial charge in [0.1, 0.15) is 5.75 Å². The van der Waals surface area contributed by atoms with Crippen LogP contribution in [0.2, 0.25) is 0 Å². The van der Waals surface area contributed by atoms with Crippen LogP contribution in [0.4, 0.5) is 11.4 Å². The maximum atomic E-state index is 5.85. The van der Waals surface area contributed by atoms with Crippen LogP contribution in [-0.2, 0) is 0 Å². The fraction of sp³-hybridized carbons (Fsp3) is 0.400. The summed E-state index contributed by atoms with van der Waals surface area (Å²) < 4.78 is 5.10. The van der Waals surface area contributed by atoms with E-state index in [2.05, 4.69) is 19.2 Å². The summed E-state index contributed by atoms with van der Waals surface area (Å²) >= 11 is 0. The number of hydrogen-bond donors (Lipinski definition) is 2. The number of nitrogen functional groups attached to an aromatic ring is 1. The lowest BCUT2D eigenvalue weighted by Crippen LogP contribution is -2.11. The average Bonchev–Trinajstić information content (AvgIpc) is 2.08. The predicted octanol–water partition coefficient (Wildman–Crippen LogP) is 2.10. The first kappa shape index (κ1) is 9.71. The van der Waals surface area contributed by atoms with E-state index in [1.807, 2.05) is 18.2 Å². The van der Waals surface area contributed by atoms with E-state index < -0.39 is 0 Å². The number of methoxy groups -OCH3 is 1. The summed E-state index contributed by atoms with van der Waals surface area (Å²) in [5.74, 6) is 0.714. The third-order valence-corrected chi connectivity index (χ3v) is 1.73. The lowest BCUT2D eigenvalue weighted by molar-refractivity contribution is 0.417. The normalized spacial score (nSPS) is 10.2. The number of ether oxygens (including phenoxy) is 1. The zero-order valence-electron chi connectivity index (χ0n) is 8.29. The molecule has 0 bridgehead atoms. The van der Waals surface area contributed by atoms with Gasteiger partial charge in [-0.3, -0.25) is 0 Å². The second-order valence-corrected chi connectivity index (χ2v) is 3.22. The van der Waals surface area contributed by atoms with Crippen molar-refractivity contribution in [2.75, 3.05) is 18.2 Å². The number of nitrogens with two attached hydrogens (primary N) is 1. The Morgan fingerprint density at radius 1 is 1.38 bits per heavy atom. The minimum atomic E-state index is 0.370. The SMILES string of the molecule is COc1cccc(NC(C)C)c1N. The third kappa shape index (κ3) is 2.28. The van der Waals surface area contributed by atoms with E-state index in [4.69, 9.17) is 10.5 Å². The van der Waals surface area contributed by atoms with E-state index in [1.54, 1.807) is 7.11 Å². The average molecular weight is 180 g/mol. The molecule has 0 unspecified atom stereocenters.